The molecule has 0 aliphatic carbocycles. The van der Waals surface area contributed by atoms with Crippen LogP contribution in [-0.4, -0.2) is 22.8 Å². The molecule has 1 heterocycles. The van der Waals surface area contributed by atoms with Gasteiger partial charge in [-0.15, -0.1) is 0 Å². The molecule has 0 spiro atoms. The molecule has 0 saturated heterocycles. The van der Waals surface area contributed by atoms with Gasteiger partial charge in [-0.25, -0.2) is 9.07 Å². The van der Waals surface area contributed by atoms with E-state index in [9.17, 15) is 9.18 Å². The van der Waals surface area contributed by atoms with E-state index < -0.39 is 0 Å². The van der Waals surface area contributed by atoms with Crippen LogP contribution in [-0.2, 0) is 0 Å². The Bertz CT molecular complexity index is 923. The van der Waals surface area contributed by atoms with Crippen LogP contribution >= 0.6 is 11.6 Å². The second kappa shape index (κ2) is 6.94. The van der Waals surface area contributed by atoms with Crippen LogP contribution in [0.2, 0.25) is 5.02 Å². The fourth-order valence-corrected chi connectivity index (χ4v) is 2.45. The zero-order valence-electron chi connectivity index (χ0n) is 13.6. The molecule has 3 rings (SSSR count). The first kappa shape index (κ1) is 17.0. The van der Waals surface area contributed by atoms with E-state index in [1.807, 2.05) is 6.92 Å². The van der Waals surface area contributed by atoms with Gasteiger partial charge >= 0.3 is 0 Å². The predicted octanol–water partition coefficient (Wildman–Crippen LogP) is 4.23. The minimum Gasteiger partial charge on any atom is -0.495 e. The van der Waals surface area contributed by atoms with E-state index in [1.165, 1.54) is 30.1 Å². The van der Waals surface area contributed by atoms with Gasteiger partial charge in [0.2, 0.25) is 0 Å². The average Bonchev–Trinajstić information content (AvgIpc) is 3.08. The topological polar surface area (TPSA) is 56.1 Å². The summed E-state index contributed by atoms with van der Waals surface area (Å²) in [5.74, 6) is -0.206. The zero-order valence-corrected chi connectivity index (χ0v) is 14.3. The number of rotatable bonds is 4. The highest BCUT2D eigenvalue weighted by atomic mass is 35.5. The van der Waals surface area contributed by atoms with Crippen molar-refractivity contribution in [2.45, 2.75) is 6.92 Å². The molecule has 128 valence electrons. The highest BCUT2D eigenvalue weighted by Gasteiger charge is 2.14. The van der Waals surface area contributed by atoms with Crippen molar-refractivity contribution in [3.05, 3.63) is 70.8 Å². The van der Waals surface area contributed by atoms with Crippen LogP contribution < -0.4 is 10.1 Å². The lowest BCUT2D eigenvalue weighted by molar-refractivity contribution is 0.102. The van der Waals surface area contributed by atoms with Crippen LogP contribution in [0.4, 0.5) is 10.1 Å². The summed E-state index contributed by atoms with van der Waals surface area (Å²) < 4.78 is 19.7. The average molecular weight is 360 g/mol. The molecule has 0 saturated carbocycles. The number of ether oxygens (including phenoxy) is 1. The van der Waals surface area contributed by atoms with Gasteiger partial charge in [-0.1, -0.05) is 11.6 Å². The number of benzene rings is 2. The molecule has 0 bridgehead atoms. The number of hydrogen-bond acceptors (Lipinski definition) is 3. The molecule has 1 amide bonds. The van der Waals surface area contributed by atoms with E-state index in [-0.39, 0.29) is 11.7 Å². The highest BCUT2D eigenvalue weighted by molar-refractivity contribution is 6.31. The predicted molar refractivity (Wildman–Crippen MR) is 94.2 cm³/mol. The number of halogens is 2. The number of hydrogen-bond donors (Lipinski definition) is 1. The van der Waals surface area contributed by atoms with Gasteiger partial charge in [0, 0.05) is 17.3 Å². The van der Waals surface area contributed by atoms with Gasteiger partial charge < -0.3 is 10.1 Å². The Kier molecular flexibility index (Phi) is 4.72. The largest absolute Gasteiger partial charge is 0.495 e. The molecule has 0 unspecified atom stereocenters. The molecule has 0 aliphatic heterocycles. The normalized spacial score (nSPS) is 10.6. The van der Waals surface area contributed by atoms with Crippen molar-refractivity contribution in [2.75, 3.05) is 12.4 Å². The van der Waals surface area contributed by atoms with Gasteiger partial charge in [0.1, 0.15) is 11.6 Å². The van der Waals surface area contributed by atoms with Crippen molar-refractivity contribution >= 4 is 23.2 Å². The molecule has 1 aromatic heterocycles. The summed E-state index contributed by atoms with van der Waals surface area (Å²) in [5, 5.41) is 7.47. The Morgan fingerprint density at radius 3 is 2.68 bits per heavy atom. The molecule has 3 aromatic rings. The Hall–Kier alpha value is -2.86. The lowest BCUT2D eigenvalue weighted by atomic mass is 10.2. The first-order chi connectivity index (χ1) is 12.0. The third kappa shape index (κ3) is 3.64. The van der Waals surface area contributed by atoms with Crippen molar-refractivity contribution in [1.29, 1.82) is 0 Å². The van der Waals surface area contributed by atoms with E-state index in [1.54, 1.807) is 30.5 Å². The summed E-state index contributed by atoms with van der Waals surface area (Å²) in [6, 6.07) is 9.21. The molecule has 0 fully saturated rings. The molecule has 25 heavy (non-hydrogen) atoms. The minimum atomic E-state index is -0.339. The van der Waals surface area contributed by atoms with Crippen LogP contribution in [0.3, 0.4) is 0 Å². The van der Waals surface area contributed by atoms with Crippen LogP contribution in [0.15, 0.2) is 48.8 Å². The van der Waals surface area contributed by atoms with Gasteiger partial charge in [0.15, 0.2) is 0 Å². The molecular formula is C18H15ClFN3O2. The highest BCUT2D eigenvalue weighted by Crippen LogP contribution is 2.31. The molecular weight excluding hydrogens is 345 g/mol. The van der Waals surface area contributed by atoms with Crippen LogP contribution in [0.1, 0.15) is 15.9 Å². The van der Waals surface area contributed by atoms with Gasteiger partial charge in [-0.2, -0.15) is 5.10 Å². The quantitative estimate of drug-likeness (QED) is 0.758. The van der Waals surface area contributed by atoms with Gasteiger partial charge in [0.25, 0.3) is 5.91 Å². The maximum Gasteiger partial charge on any atom is 0.258 e. The first-order valence-electron chi connectivity index (χ1n) is 7.44. The summed E-state index contributed by atoms with van der Waals surface area (Å²) in [5.41, 5.74) is 2.35. The van der Waals surface area contributed by atoms with Crippen molar-refractivity contribution in [2.24, 2.45) is 0 Å². The van der Waals surface area contributed by atoms with Gasteiger partial charge in [-0.3, -0.25) is 4.79 Å². The van der Waals surface area contributed by atoms with Gasteiger partial charge in [0.05, 0.1) is 30.2 Å². The maximum atomic E-state index is 13.0. The van der Waals surface area contributed by atoms with E-state index >= 15 is 0 Å². The minimum absolute atomic E-state index is 0.334. The summed E-state index contributed by atoms with van der Waals surface area (Å²) in [6.45, 7) is 1.84. The molecule has 2 aromatic carbocycles. The number of anilines is 1. The molecule has 1 N–H and O–H groups in total. The van der Waals surface area contributed by atoms with Crippen molar-refractivity contribution in [3.63, 3.8) is 0 Å². The Morgan fingerprint density at radius 2 is 2.00 bits per heavy atom. The molecule has 5 nitrogen and oxygen atoms in total. The third-order valence-electron chi connectivity index (χ3n) is 3.66. The summed E-state index contributed by atoms with van der Waals surface area (Å²) in [7, 11) is 1.50. The Balaban J connectivity index is 1.83. The number of methoxy groups -OCH3 is 1. The fraction of sp³-hybridized carbons (Fsp3) is 0.111. The number of aryl methyl sites for hydroxylation is 1. The second-order valence-electron chi connectivity index (χ2n) is 5.41. The lowest BCUT2D eigenvalue weighted by Gasteiger charge is -2.11. The molecule has 0 radical (unpaired) electrons. The standard InChI is InChI=1S/C18H15ClFN3O2/c1-11-7-16(17(25-2)8-15(11)19)22-18(24)12-9-21-23(10-12)14-5-3-13(20)4-6-14/h3-10H,1-2H3,(H,22,24). The number of nitrogens with one attached hydrogen (secondary N) is 1. The van der Waals surface area contributed by atoms with E-state index in [0.29, 0.717) is 27.7 Å². The zero-order chi connectivity index (χ0) is 18.0. The fourth-order valence-electron chi connectivity index (χ4n) is 2.30. The number of carbonyl (C=O) groups excluding carboxylic acids is 1. The maximum absolute atomic E-state index is 13.0. The molecule has 7 heteroatoms. The van der Waals surface area contributed by atoms with Crippen molar-refractivity contribution in [3.8, 4) is 11.4 Å². The van der Waals surface area contributed by atoms with E-state index in [2.05, 4.69) is 10.4 Å². The monoisotopic (exact) mass is 359 g/mol. The Labute approximate surface area is 149 Å². The smallest absolute Gasteiger partial charge is 0.258 e. The van der Waals surface area contributed by atoms with E-state index in [4.69, 9.17) is 16.3 Å². The summed E-state index contributed by atoms with van der Waals surface area (Å²) >= 11 is 6.07. The van der Waals surface area contributed by atoms with Crippen LogP contribution in [0, 0.1) is 12.7 Å². The second-order valence-corrected chi connectivity index (χ2v) is 5.81. The number of aromatic nitrogens is 2. The van der Waals surface area contributed by atoms with Crippen LogP contribution in [0.25, 0.3) is 5.69 Å². The summed E-state index contributed by atoms with van der Waals surface area (Å²) in [6.07, 6.45) is 3.01. The van der Waals surface area contributed by atoms with Crippen molar-refractivity contribution < 1.29 is 13.9 Å². The SMILES string of the molecule is COc1cc(Cl)c(C)cc1NC(=O)c1cnn(-c2ccc(F)cc2)c1. The molecule has 0 atom stereocenters. The van der Waals surface area contributed by atoms with Crippen LogP contribution in [0.5, 0.6) is 5.75 Å². The Morgan fingerprint density at radius 1 is 1.28 bits per heavy atom. The molecule has 0 aliphatic rings. The van der Waals surface area contributed by atoms with Crippen molar-refractivity contribution in [1.82, 2.24) is 9.78 Å². The van der Waals surface area contributed by atoms with E-state index in [0.717, 1.165) is 5.56 Å². The lowest BCUT2D eigenvalue weighted by Crippen LogP contribution is -2.12. The number of amides is 1. The van der Waals surface area contributed by atoms with Gasteiger partial charge in [-0.05, 0) is 42.8 Å². The number of carbonyl (C=O) groups is 1. The third-order valence-corrected chi connectivity index (χ3v) is 4.07. The first-order valence-corrected chi connectivity index (χ1v) is 7.82. The summed E-state index contributed by atoms with van der Waals surface area (Å²) in [4.78, 5) is 12.5. The number of nitrogens with zero attached hydrogens (tertiary/aromatic N) is 2.